The number of rotatable bonds is 13. The van der Waals surface area contributed by atoms with Crippen LogP contribution in [0.2, 0.25) is 0 Å². The Morgan fingerprint density at radius 1 is 0.762 bits per heavy atom. The van der Waals surface area contributed by atoms with Crippen molar-refractivity contribution in [2.45, 2.75) is 84.5 Å². The molecule has 0 aliphatic carbocycles. The zero-order valence-corrected chi connectivity index (χ0v) is 13.0. The van der Waals surface area contributed by atoms with Crippen LogP contribution in [0.15, 0.2) is 0 Å². The van der Waals surface area contributed by atoms with E-state index in [0.29, 0.717) is 6.42 Å². The number of unbranched alkanes of at least 4 members (excludes halogenated alkanes) is 9. The van der Waals surface area contributed by atoms with Crippen LogP contribution < -0.4 is 0 Å². The molecule has 0 aliphatic heterocycles. The summed E-state index contributed by atoms with van der Waals surface area (Å²) in [5, 5.41) is 17.9. The van der Waals surface area contributed by atoms with Crippen molar-refractivity contribution in [3.8, 4) is 0 Å². The molecule has 2 N–H and O–H groups in total. The van der Waals surface area contributed by atoms with Gasteiger partial charge in [-0.05, 0) is 13.3 Å². The SMILES string of the molecule is CCCCCCCCCCCCC(C)(C(=O)O)C(=O)O.[CaH2]. The molecule has 0 atom stereocenters. The summed E-state index contributed by atoms with van der Waals surface area (Å²) in [4.78, 5) is 21.9. The monoisotopic (exact) mass is 328 g/mol. The Morgan fingerprint density at radius 3 is 1.43 bits per heavy atom. The van der Waals surface area contributed by atoms with E-state index >= 15 is 0 Å². The van der Waals surface area contributed by atoms with Gasteiger partial charge in [-0.2, -0.15) is 0 Å². The molecule has 0 aromatic rings. The van der Waals surface area contributed by atoms with Gasteiger partial charge in [-0.25, -0.2) is 0 Å². The van der Waals surface area contributed by atoms with E-state index in [1.54, 1.807) is 0 Å². The Kier molecular flexibility index (Phi) is 15.5. The zero-order chi connectivity index (χ0) is 15.4. The molecular weight excluding hydrogens is 296 g/mol. The Morgan fingerprint density at radius 2 is 1.10 bits per heavy atom. The summed E-state index contributed by atoms with van der Waals surface area (Å²) in [7, 11) is 0. The molecule has 0 fully saturated rings. The van der Waals surface area contributed by atoms with Gasteiger partial charge in [-0.3, -0.25) is 9.59 Å². The van der Waals surface area contributed by atoms with Gasteiger partial charge in [0.15, 0.2) is 5.41 Å². The van der Waals surface area contributed by atoms with E-state index in [2.05, 4.69) is 6.92 Å². The van der Waals surface area contributed by atoms with E-state index in [1.165, 1.54) is 51.9 Å². The molecule has 0 rings (SSSR count). The summed E-state index contributed by atoms with van der Waals surface area (Å²) in [6, 6.07) is 0. The fourth-order valence-corrected chi connectivity index (χ4v) is 2.27. The van der Waals surface area contributed by atoms with Crippen molar-refractivity contribution in [3.63, 3.8) is 0 Å². The van der Waals surface area contributed by atoms with Gasteiger partial charge >= 0.3 is 49.7 Å². The predicted octanol–water partition coefficient (Wildman–Crippen LogP) is 3.56. The third-order valence-electron chi connectivity index (χ3n) is 3.97. The fraction of sp³-hybridized carbons (Fsp3) is 0.875. The molecule has 0 aromatic heterocycles. The maximum atomic E-state index is 11.0. The Labute approximate surface area is 158 Å². The van der Waals surface area contributed by atoms with Crippen molar-refractivity contribution in [3.05, 3.63) is 0 Å². The van der Waals surface area contributed by atoms with E-state index in [0.717, 1.165) is 12.8 Å². The van der Waals surface area contributed by atoms with Gasteiger partial charge in [0.1, 0.15) is 0 Å². The maximum absolute atomic E-state index is 11.0. The third kappa shape index (κ3) is 10.5. The van der Waals surface area contributed by atoms with Gasteiger partial charge in [0.25, 0.3) is 0 Å². The summed E-state index contributed by atoms with van der Waals surface area (Å²) >= 11 is 0. The topological polar surface area (TPSA) is 74.6 Å². The Hall–Kier alpha value is 0.200. The van der Waals surface area contributed by atoms with Gasteiger partial charge in [-0.1, -0.05) is 71.1 Å². The summed E-state index contributed by atoms with van der Waals surface area (Å²) in [5.41, 5.74) is -1.62. The van der Waals surface area contributed by atoms with Crippen LogP contribution >= 0.6 is 0 Å². The first-order chi connectivity index (χ1) is 9.45. The average molecular weight is 329 g/mol. The van der Waals surface area contributed by atoms with Crippen LogP contribution in [-0.4, -0.2) is 59.9 Å². The minimum absolute atomic E-state index is 0. The van der Waals surface area contributed by atoms with Crippen LogP contribution in [0.4, 0.5) is 0 Å². The molecule has 0 aliphatic rings. The number of hydrogen-bond acceptors (Lipinski definition) is 2. The normalized spacial score (nSPS) is 11.0. The first-order valence-electron chi connectivity index (χ1n) is 7.92. The fourth-order valence-electron chi connectivity index (χ4n) is 2.27. The van der Waals surface area contributed by atoms with Crippen molar-refractivity contribution >= 4 is 49.7 Å². The zero-order valence-electron chi connectivity index (χ0n) is 13.0. The molecule has 0 bridgehead atoms. The summed E-state index contributed by atoms with van der Waals surface area (Å²) in [6.07, 6.45) is 11.8. The number of hydrogen-bond donors (Lipinski definition) is 2. The quantitative estimate of drug-likeness (QED) is 0.308. The summed E-state index contributed by atoms with van der Waals surface area (Å²) in [6.45, 7) is 3.51. The van der Waals surface area contributed by atoms with Crippen molar-refractivity contribution in [1.82, 2.24) is 0 Å². The molecule has 0 aromatic carbocycles. The minimum atomic E-state index is -1.62. The molecule has 0 heterocycles. The molecule has 21 heavy (non-hydrogen) atoms. The molecular formula is C16H32CaO4. The number of carboxylic acids is 2. The molecule has 0 saturated carbocycles. The molecule has 0 amide bonds. The van der Waals surface area contributed by atoms with Gasteiger partial charge in [0, 0.05) is 0 Å². The van der Waals surface area contributed by atoms with Gasteiger partial charge in [-0.15, -0.1) is 0 Å². The Balaban J connectivity index is 0. The van der Waals surface area contributed by atoms with E-state index in [9.17, 15) is 9.59 Å². The first kappa shape index (κ1) is 23.5. The van der Waals surface area contributed by atoms with E-state index in [1.807, 2.05) is 0 Å². The summed E-state index contributed by atoms with van der Waals surface area (Å²) < 4.78 is 0. The second-order valence-electron chi connectivity index (χ2n) is 5.87. The molecule has 0 saturated heterocycles. The average Bonchev–Trinajstić information content (AvgIpc) is 2.40. The van der Waals surface area contributed by atoms with Gasteiger partial charge in [0.05, 0.1) is 0 Å². The van der Waals surface area contributed by atoms with Crippen LogP contribution in [0.25, 0.3) is 0 Å². The second-order valence-corrected chi connectivity index (χ2v) is 5.87. The summed E-state index contributed by atoms with van der Waals surface area (Å²) in [5.74, 6) is -2.47. The van der Waals surface area contributed by atoms with Crippen LogP contribution in [0.3, 0.4) is 0 Å². The van der Waals surface area contributed by atoms with Crippen LogP contribution in [-0.2, 0) is 9.59 Å². The molecule has 0 spiro atoms. The predicted molar refractivity (Wildman–Crippen MR) is 88.4 cm³/mol. The first-order valence-corrected chi connectivity index (χ1v) is 7.92. The Bertz CT molecular complexity index is 278. The van der Waals surface area contributed by atoms with Crippen LogP contribution in [0.5, 0.6) is 0 Å². The number of carboxylic acid groups (broad SMARTS) is 2. The van der Waals surface area contributed by atoms with Gasteiger partial charge < -0.3 is 10.2 Å². The van der Waals surface area contributed by atoms with Crippen molar-refractivity contribution < 1.29 is 19.8 Å². The standard InChI is InChI=1S/C16H30O4.Ca.2H/c1-3-4-5-6-7-8-9-10-11-12-13-16(2,14(17)18)15(19)20;;;/h3-13H2,1-2H3,(H,17,18)(H,19,20);;;. The van der Waals surface area contributed by atoms with Gasteiger partial charge in [0.2, 0.25) is 0 Å². The molecule has 122 valence electrons. The van der Waals surface area contributed by atoms with Crippen molar-refractivity contribution in [2.24, 2.45) is 5.41 Å². The molecule has 5 heteroatoms. The second kappa shape index (κ2) is 13.8. The van der Waals surface area contributed by atoms with E-state index < -0.39 is 17.4 Å². The number of aliphatic carboxylic acids is 2. The molecule has 0 unspecified atom stereocenters. The van der Waals surface area contributed by atoms with E-state index in [4.69, 9.17) is 10.2 Å². The van der Waals surface area contributed by atoms with Crippen molar-refractivity contribution in [1.29, 1.82) is 0 Å². The molecule has 4 nitrogen and oxygen atoms in total. The van der Waals surface area contributed by atoms with Crippen LogP contribution in [0.1, 0.15) is 84.5 Å². The number of carbonyl (C=O) groups is 2. The third-order valence-corrected chi connectivity index (χ3v) is 3.97. The van der Waals surface area contributed by atoms with Crippen LogP contribution in [0, 0.1) is 5.41 Å². The van der Waals surface area contributed by atoms with E-state index in [-0.39, 0.29) is 44.2 Å². The van der Waals surface area contributed by atoms with Crippen molar-refractivity contribution in [2.75, 3.05) is 0 Å². The molecule has 0 radical (unpaired) electrons.